The number of aryl methyl sites for hydroxylation is 2. The first-order valence-electron chi connectivity index (χ1n) is 7.37. The highest BCUT2D eigenvalue weighted by Gasteiger charge is 2.10. The smallest absolute Gasteiger partial charge is 0.0482 e. The molecular formula is C17H26N2. The van der Waals surface area contributed by atoms with Gasteiger partial charge in [0.15, 0.2) is 0 Å². The molecule has 0 radical (unpaired) electrons. The topological polar surface area (TPSA) is 17.0 Å². The van der Waals surface area contributed by atoms with E-state index in [1.54, 1.807) is 0 Å². The van der Waals surface area contributed by atoms with Gasteiger partial charge in [-0.25, -0.2) is 0 Å². The fraction of sp³-hybridized carbons (Fsp3) is 0.529. The summed E-state index contributed by atoms with van der Waals surface area (Å²) in [7, 11) is 2.17. The van der Waals surface area contributed by atoms with E-state index in [9.17, 15) is 0 Å². The van der Waals surface area contributed by atoms with Gasteiger partial charge in [-0.1, -0.05) is 32.0 Å². The molecule has 0 spiro atoms. The minimum Gasteiger partial charge on any atom is -0.348 e. The SMILES string of the molecule is Cc1c(CCCCNC(C)C)c2ccccc2n1C. The summed E-state index contributed by atoms with van der Waals surface area (Å²) < 4.78 is 2.32. The first-order valence-corrected chi connectivity index (χ1v) is 7.37. The standard InChI is InChI=1S/C17H26N2/c1-13(2)18-12-8-7-9-15-14(3)19(4)17-11-6-5-10-16(15)17/h5-6,10-11,13,18H,7-9,12H2,1-4H3. The maximum atomic E-state index is 3.48. The lowest BCUT2D eigenvalue weighted by molar-refractivity contribution is 0.557. The normalized spacial score (nSPS) is 11.6. The van der Waals surface area contributed by atoms with E-state index in [1.807, 2.05) is 0 Å². The maximum Gasteiger partial charge on any atom is 0.0482 e. The average Bonchev–Trinajstić information content (AvgIpc) is 2.63. The fourth-order valence-corrected chi connectivity index (χ4v) is 2.73. The van der Waals surface area contributed by atoms with Gasteiger partial charge in [-0.3, -0.25) is 0 Å². The molecule has 0 aliphatic rings. The van der Waals surface area contributed by atoms with Crippen molar-refractivity contribution in [1.29, 1.82) is 0 Å². The second-order valence-corrected chi connectivity index (χ2v) is 5.71. The molecule has 2 nitrogen and oxygen atoms in total. The third kappa shape index (κ3) is 3.19. The molecule has 2 rings (SSSR count). The van der Waals surface area contributed by atoms with Crippen LogP contribution in [0.4, 0.5) is 0 Å². The number of fused-ring (bicyclic) bond motifs is 1. The molecule has 0 aliphatic heterocycles. The highest BCUT2D eigenvalue weighted by atomic mass is 14.9. The Morgan fingerprint density at radius 1 is 1.16 bits per heavy atom. The van der Waals surface area contributed by atoms with Gasteiger partial charge < -0.3 is 9.88 Å². The Bertz CT molecular complexity index is 537. The molecule has 0 amide bonds. The zero-order valence-corrected chi connectivity index (χ0v) is 12.7. The zero-order valence-electron chi connectivity index (χ0n) is 12.7. The van der Waals surface area contributed by atoms with Gasteiger partial charge in [-0.2, -0.15) is 0 Å². The lowest BCUT2D eigenvalue weighted by Crippen LogP contribution is -2.23. The summed E-state index contributed by atoms with van der Waals surface area (Å²) in [4.78, 5) is 0. The van der Waals surface area contributed by atoms with Gasteiger partial charge in [0.1, 0.15) is 0 Å². The molecule has 0 fully saturated rings. The summed E-state index contributed by atoms with van der Waals surface area (Å²) in [6, 6.07) is 9.33. The van der Waals surface area contributed by atoms with Crippen LogP contribution in [0.2, 0.25) is 0 Å². The minimum atomic E-state index is 0.597. The van der Waals surface area contributed by atoms with E-state index >= 15 is 0 Å². The molecule has 0 unspecified atom stereocenters. The molecule has 0 saturated carbocycles. The van der Waals surface area contributed by atoms with E-state index in [-0.39, 0.29) is 0 Å². The highest BCUT2D eigenvalue weighted by molar-refractivity contribution is 5.85. The minimum absolute atomic E-state index is 0.597. The molecule has 1 N–H and O–H groups in total. The summed E-state index contributed by atoms with van der Waals surface area (Å²) in [5.41, 5.74) is 4.30. The Labute approximate surface area is 116 Å². The summed E-state index contributed by atoms with van der Waals surface area (Å²) in [6.45, 7) is 7.77. The maximum absolute atomic E-state index is 3.48. The quantitative estimate of drug-likeness (QED) is 0.780. The van der Waals surface area contributed by atoms with E-state index in [4.69, 9.17) is 0 Å². The zero-order chi connectivity index (χ0) is 13.8. The van der Waals surface area contributed by atoms with Gasteiger partial charge in [0.05, 0.1) is 0 Å². The van der Waals surface area contributed by atoms with Crippen LogP contribution >= 0.6 is 0 Å². The van der Waals surface area contributed by atoms with Crippen LogP contribution in [0.15, 0.2) is 24.3 Å². The van der Waals surface area contributed by atoms with Crippen molar-refractivity contribution < 1.29 is 0 Å². The van der Waals surface area contributed by atoms with Gasteiger partial charge in [-0.15, -0.1) is 0 Å². The van der Waals surface area contributed by atoms with Crippen molar-refractivity contribution in [2.75, 3.05) is 6.54 Å². The second-order valence-electron chi connectivity index (χ2n) is 5.71. The fourth-order valence-electron chi connectivity index (χ4n) is 2.73. The van der Waals surface area contributed by atoms with E-state index in [0.29, 0.717) is 6.04 Å². The monoisotopic (exact) mass is 258 g/mol. The Morgan fingerprint density at radius 3 is 2.63 bits per heavy atom. The Morgan fingerprint density at radius 2 is 1.89 bits per heavy atom. The number of unbranched alkanes of at least 4 members (excludes halogenated alkanes) is 1. The number of hydrogen-bond donors (Lipinski definition) is 1. The second kappa shape index (κ2) is 6.25. The molecule has 1 aromatic heterocycles. The van der Waals surface area contributed by atoms with Gasteiger partial charge >= 0.3 is 0 Å². The van der Waals surface area contributed by atoms with Crippen LogP contribution in [0.1, 0.15) is 37.9 Å². The number of para-hydroxylation sites is 1. The summed E-state index contributed by atoms with van der Waals surface area (Å²) in [6.07, 6.45) is 3.70. The lowest BCUT2D eigenvalue weighted by atomic mass is 10.0. The van der Waals surface area contributed by atoms with Crippen LogP contribution in [0, 0.1) is 6.92 Å². The number of nitrogens with zero attached hydrogens (tertiary/aromatic N) is 1. The average molecular weight is 258 g/mol. The van der Waals surface area contributed by atoms with E-state index < -0.39 is 0 Å². The molecule has 0 bridgehead atoms. The van der Waals surface area contributed by atoms with E-state index in [1.165, 1.54) is 41.4 Å². The summed E-state index contributed by atoms with van der Waals surface area (Å²) in [5.74, 6) is 0. The summed E-state index contributed by atoms with van der Waals surface area (Å²) in [5, 5.41) is 4.91. The highest BCUT2D eigenvalue weighted by Crippen LogP contribution is 2.25. The first kappa shape index (κ1) is 14.1. The predicted molar refractivity (Wildman–Crippen MR) is 83.7 cm³/mol. The molecular weight excluding hydrogens is 232 g/mol. The van der Waals surface area contributed by atoms with Gasteiger partial charge in [-0.05, 0) is 44.4 Å². The largest absolute Gasteiger partial charge is 0.348 e. The van der Waals surface area contributed by atoms with Crippen LogP contribution in [-0.4, -0.2) is 17.2 Å². The van der Waals surface area contributed by atoms with E-state index in [0.717, 1.165) is 6.54 Å². The van der Waals surface area contributed by atoms with Crippen molar-refractivity contribution in [2.45, 2.75) is 46.1 Å². The number of hydrogen-bond acceptors (Lipinski definition) is 1. The van der Waals surface area contributed by atoms with E-state index in [2.05, 4.69) is 62.0 Å². The molecule has 2 heteroatoms. The molecule has 1 heterocycles. The van der Waals surface area contributed by atoms with Crippen molar-refractivity contribution in [3.63, 3.8) is 0 Å². The van der Waals surface area contributed by atoms with Gasteiger partial charge in [0.2, 0.25) is 0 Å². The predicted octanol–water partition coefficient (Wildman–Crippen LogP) is 3.81. The van der Waals surface area contributed by atoms with Crippen molar-refractivity contribution in [2.24, 2.45) is 7.05 Å². The third-order valence-corrected chi connectivity index (χ3v) is 3.94. The van der Waals surface area contributed by atoms with Crippen LogP contribution in [0.25, 0.3) is 10.9 Å². The van der Waals surface area contributed by atoms with Crippen molar-refractivity contribution in [3.05, 3.63) is 35.5 Å². The Balaban J connectivity index is 2.02. The van der Waals surface area contributed by atoms with Crippen LogP contribution in [0.5, 0.6) is 0 Å². The lowest BCUT2D eigenvalue weighted by Gasteiger charge is -2.07. The van der Waals surface area contributed by atoms with Gasteiger partial charge in [0.25, 0.3) is 0 Å². The van der Waals surface area contributed by atoms with Crippen LogP contribution < -0.4 is 5.32 Å². The Kier molecular flexibility index (Phi) is 4.65. The third-order valence-electron chi connectivity index (χ3n) is 3.94. The Hall–Kier alpha value is -1.28. The molecule has 0 aliphatic carbocycles. The molecule has 2 aromatic rings. The number of rotatable bonds is 6. The molecule has 104 valence electrons. The molecule has 1 aromatic carbocycles. The number of aromatic nitrogens is 1. The molecule has 0 saturated heterocycles. The van der Waals surface area contributed by atoms with Crippen molar-refractivity contribution in [1.82, 2.24) is 9.88 Å². The first-order chi connectivity index (χ1) is 9.11. The van der Waals surface area contributed by atoms with Crippen LogP contribution in [0.3, 0.4) is 0 Å². The number of benzene rings is 1. The van der Waals surface area contributed by atoms with Crippen LogP contribution in [-0.2, 0) is 13.5 Å². The molecule has 0 atom stereocenters. The van der Waals surface area contributed by atoms with Gasteiger partial charge in [0, 0.05) is 29.7 Å². The van der Waals surface area contributed by atoms with Crippen molar-refractivity contribution in [3.8, 4) is 0 Å². The number of nitrogens with one attached hydrogen (secondary N) is 1. The molecule has 19 heavy (non-hydrogen) atoms. The van der Waals surface area contributed by atoms with Crippen molar-refractivity contribution >= 4 is 10.9 Å². The summed E-state index contributed by atoms with van der Waals surface area (Å²) >= 11 is 0.